The minimum absolute atomic E-state index is 0.261. The van der Waals surface area contributed by atoms with Gasteiger partial charge in [0.15, 0.2) is 0 Å². The first kappa shape index (κ1) is 11.6. The van der Waals surface area contributed by atoms with Crippen LogP contribution in [-0.2, 0) is 13.5 Å². The van der Waals surface area contributed by atoms with Crippen molar-refractivity contribution in [2.75, 3.05) is 7.05 Å². The third kappa shape index (κ3) is 2.45. The Morgan fingerprint density at radius 1 is 1.62 bits per heavy atom. The highest BCUT2D eigenvalue weighted by Gasteiger charge is 2.15. The zero-order valence-electron chi connectivity index (χ0n) is 9.27. The van der Waals surface area contributed by atoms with Crippen molar-refractivity contribution >= 4 is 22.9 Å². The van der Waals surface area contributed by atoms with Crippen LogP contribution < -0.4 is 5.32 Å². The van der Waals surface area contributed by atoms with Crippen LogP contribution in [0.1, 0.15) is 16.5 Å². The molecule has 0 aromatic carbocycles. The maximum absolute atomic E-state index is 6.13. The first-order valence-corrected chi connectivity index (χ1v) is 6.34. The van der Waals surface area contributed by atoms with E-state index in [4.69, 9.17) is 11.6 Å². The summed E-state index contributed by atoms with van der Waals surface area (Å²) in [7, 11) is 3.88. The van der Waals surface area contributed by atoms with E-state index in [9.17, 15) is 0 Å². The van der Waals surface area contributed by atoms with Crippen molar-refractivity contribution in [1.29, 1.82) is 0 Å². The summed E-state index contributed by atoms with van der Waals surface area (Å²) in [5, 5.41) is 10.3. The van der Waals surface area contributed by atoms with Gasteiger partial charge < -0.3 is 5.32 Å². The molecule has 1 N–H and O–H groups in total. The molecule has 0 aliphatic rings. The second-order valence-corrected chi connectivity index (χ2v) is 5.06. The van der Waals surface area contributed by atoms with E-state index in [0.717, 1.165) is 11.4 Å². The van der Waals surface area contributed by atoms with Crippen molar-refractivity contribution in [3.63, 3.8) is 0 Å². The number of halogens is 1. The van der Waals surface area contributed by atoms with Gasteiger partial charge in [0.2, 0.25) is 0 Å². The number of thiophene rings is 1. The summed E-state index contributed by atoms with van der Waals surface area (Å²) in [5.41, 5.74) is 1.21. The fourth-order valence-corrected chi connectivity index (χ4v) is 2.99. The third-order valence-electron chi connectivity index (χ3n) is 2.51. The minimum Gasteiger partial charge on any atom is -0.312 e. The first-order valence-electron chi connectivity index (χ1n) is 5.08. The number of likely N-dealkylation sites (N-methyl/N-ethyl adjacent to an activating group) is 1. The van der Waals surface area contributed by atoms with Crippen molar-refractivity contribution in [3.8, 4) is 0 Å². The number of rotatable bonds is 4. The van der Waals surface area contributed by atoms with Gasteiger partial charge in [-0.2, -0.15) is 5.10 Å². The highest BCUT2D eigenvalue weighted by atomic mass is 35.5. The lowest BCUT2D eigenvalue weighted by molar-refractivity contribution is 0.602. The summed E-state index contributed by atoms with van der Waals surface area (Å²) in [4.78, 5) is 1.19. The molecule has 1 unspecified atom stereocenters. The van der Waals surface area contributed by atoms with E-state index < -0.39 is 0 Å². The maximum atomic E-state index is 6.13. The highest BCUT2D eigenvalue weighted by molar-refractivity contribution is 7.10. The number of aryl methyl sites for hydroxylation is 1. The molecule has 0 spiro atoms. The Bertz CT molecular complexity index is 463. The highest BCUT2D eigenvalue weighted by Crippen LogP contribution is 2.30. The number of nitrogens with one attached hydrogen (secondary N) is 1. The van der Waals surface area contributed by atoms with Gasteiger partial charge in [0.1, 0.15) is 0 Å². The molecule has 1 atom stereocenters. The third-order valence-corrected chi connectivity index (χ3v) is 3.98. The van der Waals surface area contributed by atoms with Gasteiger partial charge in [-0.05, 0) is 30.5 Å². The number of nitrogens with zero attached hydrogens (tertiary/aromatic N) is 2. The molecular formula is C11H14ClN3S. The van der Waals surface area contributed by atoms with Crippen LogP contribution in [0.25, 0.3) is 0 Å². The molecular weight excluding hydrogens is 242 g/mol. The Hall–Kier alpha value is -0.840. The molecule has 0 aliphatic carbocycles. The van der Waals surface area contributed by atoms with Gasteiger partial charge in [0.05, 0.1) is 11.2 Å². The van der Waals surface area contributed by atoms with Gasteiger partial charge >= 0.3 is 0 Å². The molecule has 0 saturated carbocycles. The molecule has 0 saturated heterocycles. The molecule has 2 rings (SSSR count). The molecule has 0 amide bonds. The van der Waals surface area contributed by atoms with Crippen molar-refractivity contribution < 1.29 is 0 Å². The summed E-state index contributed by atoms with van der Waals surface area (Å²) < 4.78 is 1.82. The molecule has 2 heterocycles. The predicted octanol–water partition coefficient (Wildman–Crippen LogP) is 2.64. The van der Waals surface area contributed by atoms with Crippen molar-refractivity contribution in [3.05, 3.63) is 39.3 Å². The summed E-state index contributed by atoms with van der Waals surface area (Å²) in [6.45, 7) is 0. The number of hydrogen-bond acceptors (Lipinski definition) is 3. The van der Waals surface area contributed by atoms with Gasteiger partial charge in [-0.3, -0.25) is 4.68 Å². The van der Waals surface area contributed by atoms with Crippen LogP contribution in [0.5, 0.6) is 0 Å². The fraction of sp³-hybridized carbons (Fsp3) is 0.364. The molecule has 16 heavy (non-hydrogen) atoms. The van der Waals surface area contributed by atoms with Crippen LogP contribution in [0.3, 0.4) is 0 Å². The Labute approximate surface area is 104 Å². The fourth-order valence-electron chi connectivity index (χ4n) is 1.69. The van der Waals surface area contributed by atoms with Crippen LogP contribution in [0, 0.1) is 0 Å². The second kappa shape index (κ2) is 4.99. The Morgan fingerprint density at radius 2 is 2.44 bits per heavy atom. The Balaban J connectivity index is 2.15. The summed E-state index contributed by atoms with van der Waals surface area (Å²) in [6.07, 6.45) is 4.84. The smallest absolute Gasteiger partial charge is 0.0561 e. The van der Waals surface area contributed by atoms with E-state index in [1.807, 2.05) is 42.6 Å². The van der Waals surface area contributed by atoms with Crippen LogP contribution in [0.15, 0.2) is 23.8 Å². The lowest BCUT2D eigenvalue weighted by atomic mass is 10.1. The van der Waals surface area contributed by atoms with Crippen LogP contribution >= 0.6 is 22.9 Å². The summed E-state index contributed by atoms with van der Waals surface area (Å²) >= 11 is 7.82. The van der Waals surface area contributed by atoms with E-state index in [1.165, 1.54) is 10.4 Å². The average molecular weight is 256 g/mol. The van der Waals surface area contributed by atoms with Crippen molar-refractivity contribution in [2.24, 2.45) is 7.05 Å². The maximum Gasteiger partial charge on any atom is 0.0561 e. The molecule has 0 bridgehead atoms. The van der Waals surface area contributed by atoms with Crippen molar-refractivity contribution in [2.45, 2.75) is 12.5 Å². The van der Waals surface area contributed by atoms with Crippen LogP contribution in [0.4, 0.5) is 0 Å². The number of aromatic nitrogens is 2. The predicted molar refractivity (Wildman–Crippen MR) is 68.0 cm³/mol. The van der Waals surface area contributed by atoms with E-state index in [0.29, 0.717) is 0 Å². The molecule has 5 heteroatoms. The average Bonchev–Trinajstić information content (AvgIpc) is 2.84. The van der Waals surface area contributed by atoms with Gasteiger partial charge in [-0.15, -0.1) is 11.3 Å². The standard InChI is InChI=1S/C11H14ClN3S/c1-13-10(11-9(12)3-4-16-11)5-8-6-14-15(2)7-8/h3-4,6-7,10,13H,5H2,1-2H3. The normalized spacial score (nSPS) is 12.9. The molecule has 2 aromatic rings. The van der Waals surface area contributed by atoms with Gasteiger partial charge in [0.25, 0.3) is 0 Å². The second-order valence-electron chi connectivity index (χ2n) is 3.70. The first-order chi connectivity index (χ1) is 7.70. The zero-order chi connectivity index (χ0) is 11.5. The SMILES string of the molecule is CNC(Cc1cnn(C)c1)c1sccc1Cl. The van der Waals surface area contributed by atoms with E-state index in [1.54, 1.807) is 11.3 Å². The van der Waals surface area contributed by atoms with E-state index in [2.05, 4.69) is 10.4 Å². The zero-order valence-corrected chi connectivity index (χ0v) is 10.8. The molecule has 2 aromatic heterocycles. The Morgan fingerprint density at radius 3 is 2.94 bits per heavy atom. The van der Waals surface area contributed by atoms with Gasteiger partial charge in [-0.1, -0.05) is 11.6 Å². The van der Waals surface area contributed by atoms with Gasteiger partial charge in [0, 0.05) is 24.2 Å². The Kier molecular flexibility index (Phi) is 3.63. The van der Waals surface area contributed by atoms with Gasteiger partial charge in [-0.25, -0.2) is 0 Å². The minimum atomic E-state index is 0.261. The lowest BCUT2D eigenvalue weighted by Crippen LogP contribution is -2.17. The topological polar surface area (TPSA) is 29.9 Å². The van der Waals surface area contributed by atoms with Crippen molar-refractivity contribution in [1.82, 2.24) is 15.1 Å². The molecule has 86 valence electrons. The molecule has 0 aliphatic heterocycles. The number of hydrogen-bond donors (Lipinski definition) is 1. The summed E-state index contributed by atoms with van der Waals surface area (Å²) in [5.74, 6) is 0. The van der Waals surface area contributed by atoms with Crippen LogP contribution in [-0.4, -0.2) is 16.8 Å². The summed E-state index contributed by atoms with van der Waals surface area (Å²) in [6, 6.07) is 2.20. The lowest BCUT2D eigenvalue weighted by Gasteiger charge is -2.13. The van der Waals surface area contributed by atoms with Crippen LogP contribution in [0.2, 0.25) is 5.02 Å². The monoisotopic (exact) mass is 255 g/mol. The van der Waals surface area contributed by atoms with E-state index in [-0.39, 0.29) is 6.04 Å². The molecule has 3 nitrogen and oxygen atoms in total. The van der Waals surface area contributed by atoms with E-state index >= 15 is 0 Å². The molecule has 0 fully saturated rings. The quantitative estimate of drug-likeness (QED) is 0.910. The molecule has 0 radical (unpaired) electrons. The largest absolute Gasteiger partial charge is 0.312 e.